The van der Waals surface area contributed by atoms with Gasteiger partial charge in [0, 0.05) is 9.96 Å². The van der Waals surface area contributed by atoms with Gasteiger partial charge >= 0.3 is 11.6 Å². The van der Waals surface area contributed by atoms with Gasteiger partial charge < -0.3 is 4.74 Å². The van der Waals surface area contributed by atoms with Crippen molar-refractivity contribution >= 4 is 29.2 Å². The quantitative estimate of drug-likeness (QED) is 0.370. The largest absolute Gasteiger partial charge is 0.466 e. The molecule has 0 radical (unpaired) electrons. The first-order valence-corrected chi connectivity index (χ1v) is 5.91. The van der Waals surface area contributed by atoms with Crippen LogP contribution < -0.4 is 5.73 Å². The highest BCUT2D eigenvalue weighted by molar-refractivity contribution is 6.33. The van der Waals surface area contributed by atoms with Crippen LogP contribution in [0.2, 0.25) is 0 Å². The van der Waals surface area contributed by atoms with Crippen LogP contribution in [0.25, 0.3) is 0 Å². The third-order valence-electron chi connectivity index (χ3n) is 2.45. The number of halogens is 2. The van der Waals surface area contributed by atoms with Crippen molar-refractivity contribution in [2.75, 3.05) is 6.61 Å². The number of esters is 1. The van der Waals surface area contributed by atoms with E-state index in [1.807, 2.05) is 0 Å². The number of hydrogen-bond acceptors (Lipinski definition) is 5. The Balaban J connectivity index is 2.92. The molecule has 0 aliphatic heterocycles. The SMILES string of the molecule is CCOC(=O)CC1=C(Cl)CC(N)([N+](=O)[O-])C(Cl)=C1. The molecule has 0 aromatic heterocycles. The zero-order valence-electron chi connectivity index (χ0n) is 9.61. The van der Waals surface area contributed by atoms with Crippen LogP contribution in [0.1, 0.15) is 19.8 Å². The zero-order chi connectivity index (χ0) is 13.9. The average Bonchev–Trinajstić information content (AvgIpc) is 2.26. The summed E-state index contributed by atoms with van der Waals surface area (Å²) in [6.07, 6.45) is 0.926. The van der Waals surface area contributed by atoms with Gasteiger partial charge in [0.1, 0.15) is 5.03 Å². The Bertz CT molecular complexity index is 447. The molecule has 1 rings (SSSR count). The van der Waals surface area contributed by atoms with Crippen LogP contribution in [0, 0.1) is 10.1 Å². The molecule has 0 aromatic carbocycles. The standard InChI is InChI=1S/C10H12Cl2N2O4/c1-2-18-9(15)4-6-3-8(12)10(13,14(16)17)5-7(6)11/h3H,2,4-5,13H2,1H3. The molecular formula is C10H12Cl2N2O4. The van der Waals surface area contributed by atoms with Crippen LogP contribution in [-0.2, 0) is 9.53 Å². The maximum atomic E-state index is 11.3. The van der Waals surface area contributed by atoms with Gasteiger partial charge in [-0.25, -0.2) is 0 Å². The summed E-state index contributed by atoms with van der Waals surface area (Å²) >= 11 is 11.7. The second-order valence-corrected chi connectivity index (χ2v) is 4.63. The van der Waals surface area contributed by atoms with E-state index in [1.54, 1.807) is 6.92 Å². The van der Waals surface area contributed by atoms with Gasteiger partial charge in [-0.15, -0.1) is 0 Å². The lowest BCUT2D eigenvalue weighted by Gasteiger charge is -2.24. The number of hydrogen-bond donors (Lipinski definition) is 1. The lowest BCUT2D eigenvalue weighted by molar-refractivity contribution is -0.555. The van der Waals surface area contributed by atoms with E-state index in [0.717, 1.165) is 0 Å². The maximum Gasteiger partial charge on any atom is 0.313 e. The summed E-state index contributed by atoms with van der Waals surface area (Å²) in [5, 5.41) is 10.8. The fourth-order valence-corrected chi connectivity index (χ4v) is 2.05. The third kappa shape index (κ3) is 3.01. The van der Waals surface area contributed by atoms with E-state index < -0.39 is 16.6 Å². The highest BCUT2D eigenvalue weighted by Crippen LogP contribution is 2.36. The Kier molecular flexibility index (Phi) is 4.72. The van der Waals surface area contributed by atoms with Crippen LogP contribution in [0.15, 0.2) is 21.7 Å². The average molecular weight is 295 g/mol. The predicted molar refractivity (Wildman–Crippen MR) is 66.6 cm³/mol. The summed E-state index contributed by atoms with van der Waals surface area (Å²) in [4.78, 5) is 21.5. The second-order valence-electron chi connectivity index (χ2n) is 3.76. The van der Waals surface area contributed by atoms with E-state index in [0.29, 0.717) is 5.57 Å². The normalized spacial score (nSPS) is 23.7. The first-order chi connectivity index (χ1) is 8.31. The minimum atomic E-state index is -1.92. The maximum absolute atomic E-state index is 11.3. The molecule has 1 atom stereocenters. The number of nitro groups is 1. The molecule has 1 aliphatic rings. The summed E-state index contributed by atoms with van der Waals surface area (Å²) in [6.45, 7) is 1.92. The van der Waals surface area contributed by atoms with Crippen LogP contribution in [0.5, 0.6) is 0 Å². The minimum Gasteiger partial charge on any atom is -0.466 e. The van der Waals surface area contributed by atoms with E-state index in [-0.39, 0.29) is 29.5 Å². The molecule has 8 heteroatoms. The van der Waals surface area contributed by atoms with Crippen molar-refractivity contribution < 1.29 is 14.5 Å². The number of allylic oxidation sites excluding steroid dienone is 1. The molecule has 0 saturated heterocycles. The second kappa shape index (κ2) is 5.69. The molecule has 0 spiro atoms. The minimum absolute atomic E-state index is 0.0866. The molecule has 1 unspecified atom stereocenters. The summed E-state index contributed by atoms with van der Waals surface area (Å²) in [6, 6.07) is 0. The highest BCUT2D eigenvalue weighted by atomic mass is 35.5. The number of ether oxygens (including phenoxy) is 1. The third-order valence-corrected chi connectivity index (χ3v) is 3.27. The summed E-state index contributed by atoms with van der Waals surface area (Å²) in [5.41, 5.74) is 4.03. The van der Waals surface area contributed by atoms with Gasteiger partial charge in [-0.3, -0.25) is 20.6 Å². The molecule has 0 saturated carbocycles. The molecular weight excluding hydrogens is 283 g/mol. The lowest BCUT2D eigenvalue weighted by Crippen LogP contribution is -2.49. The predicted octanol–water partition coefficient (Wildman–Crippen LogP) is 1.89. The number of nitrogens with two attached hydrogens (primary N) is 1. The van der Waals surface area contributed by atoms with Crippen molar-refractivity contribution in [3.63, 3.8) is 0 Å². The highest BCUT2D eigenvalue weighted by Gasteiger charge is 2.45. The Labute approximate surface area is 114 Å². The van der Waals surface area contributed by atoms with Gasteiger partial charge in [-0.2, -0.15) is 0 Å². The van der Waals surface area contributed by atoms with Crippen molar-refractivity contribution in [2.24, 2.45) is 5.73 Å². The summed E-state index contributed by atoms with van der Waals surface area (Å²) in [5.74, 6) is -0.475. The molecule has 6 nitrogen and oxygen atoms in total. The van der Waals surface area contributed by atoms with E-state index in [2.05, 4.69) is 0 Å². The number of nitrogens with zero attached hydrogens (tertiary/aromatic N) is 1. The first-order valence-electron chi connectivity index (χ1n) is 5.15. The van der Waals surface area contributed by atoms with Crippen LogP contribution >= 0.6 is 23.2 Å². The number of carbonyl (C=O) groups is 1. The summed E-state index contributed by atoms with van der Waals surface area (Å²) < 4.78 is 4.76. The van der Waals surface area contributed by atoms with E-state index in [9.17, 15) is 14.9 Å². The van der Waals surface area contributed by atoms with Crippen molar-refractivity contribution in [2.45, 2.75) is 25.4 Å². The zero-order valence-corrected chi connectivity index (χ0v) is 11.1. The van der Waals surface area contributed by atoms with Crippen LogP contribution in [0.3, 0.4) is 0 Å². The van der Waals surface area contributed by atoms with E-state index >= 15 is 0 Å². The van der Waals surface area contributed by atoms with E-state index in [4.69, 9.17) is 33.7 Å². The molecule has 18 heavy (non-hydrogen) atoms. The smallest absolute Gasteiger partial charge is 0.313 e. The van der Waals surface area contributed by atoms with Gasteiger partial charge in [0.25, 0.3) is 0 Å². The van der Waals surface area contributed by atoms with Crippen molar-refractivity contribution in [3.8, 4) is 0 Å². The number of carbonyl (C=O) groups excluding carboxylic acids is 1. The monoisotopic (exact) mass is 294 g/mol. The van der Waals surface area contributed by atoms with Crippen molar-refractivity contribution in [1.82, 2.24) is 0 Å². The van der Waals surface area contributed by atoms with Gasteiger partial charge in [-0.1, -0.05) is 23.2 Å². The van der Waals surface area contributed by atoms with Crippen molar-refractivity contribution in [1.29, 1.82) is 0 Å². The Morgan fingerprint density at radius 1 is 1.67 bits per heavy atom. The van der Waals surface area contributed by atoms with E-state index in [1.165, 1.54) is 6.08 Å². The number of rotatable bonds is 4. The molecule has 0 heterocycles. The molecule has 100 valence electrons. The van der Waals surface area contributed by atoms with Gasteiger partial charge in [-0.05, 0) is 18.6 Å². The Morgan fingerprint density at radius 3 is 2.78 bits per heavy atom. The van der Waals surface area contributed by atoms with Gasteiger partial charge in [0.15, 0.2) is 0 Å². The Morgan fingerprint density at radius 2 is 2.28 bits per heavy atom. The van der Waals surface area contributed by atoms with Gasteiger partial charge in [0.05, 0.1) is 19.4 Å². The van der Waals surface area contributed by atoms with Gasteiger partial charge in [0.2, 0.25) is 0 Å². The molecule has 0 amide bonds. The first kappa shape index (κ1) is 14.9. The molecule has 1 aliphatic carbocycles. The fraction of sp³-hybridized carbons (Fsp3) is 0.500. The molecule has 2 N–H and O–H groups in total. The molecule has 0 bridgehead atoms. The molecule has 0 aromatic rings. The molecule has 0 fully saturated rings. The Hall–Kier alpha value is -1.11. The lowest BCUT2D eigenvalue weighted by atomic mass is 9.96. The van der Waals surface area contributed by atoms with Crippen LogP contribution in [0.4, 0.5) is 0 Å². The van der Waals surface area contributed by atoms with Crippen molar-refractivity contribution in [3.05, 3.63) is 31.8 Å². The fourth-order valence-electron chi connectivity index (χ4n) is 1.46. The van der Waals surface area contributed by atoms with Crippen LogP contribution in [-0.4, -0.2) is 23.2 Å². The topological polar surface area (TPSA) is 95.5 Å². The summed E-state index contributed by atoms with van der Waals surface area (Å²) in [7, 11) is 0.